The molecule has 164 valence electrons. The number of methoxy groups -OCH3 is 1. The second kappa shape index (κ2) is 11.9. The van der Waals surface area contributed by atoms with Crippen LogP contribution in [0.4, 0.5) is 0 Å². The molecule has 0 saturated heterocycles. The molecule has 1 unspecified atom stereocenters. The number of carbonyl (C=O) groups is 3. The predicted octanol–water partition coefficient (Wildman–Crippen LogP) is 5.27. The number of unbranched alkanes of at least 4 members (excludes halogenated alkanes) is 5. The normalized spacial score (nSPS) is 18.2. The van der Waals surface area contributed by atoms with Gasteiger partial charge in [0.1, 0.15) is 12.4 Å². The van der Waals surface area contributed by atoms with Crippen LogP contribution in [0.25, 0.3) is 0 Å². The van der Waals surface area contributed by atoms with Crippen molar-refractivity contribution in [2.45, 2.75) is 70.0 Å². The summed E-state index contributed by atoms with van der Waals surface area (Å²) in [7, 11) is 1.33. The number of hydrogen-bond acceptors (Lipinski definition) is 6. The molecule has 0 N–H and O–H groups in total. The zero-order valence-corrected chi connectivity index (χ0v) is 19.0. The molecule has 0 aliphatic carbocycles. The molecule has 1 heterocycles. The van der Waals surface area contributed by atoms with Crippen LogP contribution in [0.2, 0.25) is 0 Å². The van der Waals surface area contributed by atoms with Crippen LogP contribution in [0.5, 0.6) is 0 Å². The second-order valence-corrected chi connectivity index (χ2v) is 9.38. The summed E-state index contributed by atoms with van der Waals surface area (Å²) in [5.74, 6) is 0.129. The topological polar surface area (TPSA) is 69.7 Å². The monoisotopic (exact) mass is 432 g/mol. The fourth-order valence-electron chi connectivity index (χ4n) is 3.49. The fourth-order valence-corrected chi connectivity index (χ4v) is 4.56. The minimum Gasteiger partial charge on any atom is -0.489 e. The van der Waals surface area contributed by atoms with Gasteiger partial charge in [-0.05, 0) is 31.0 Å². The largest absolute Gasteiger partial charge is 0.489 e. The molecule has 0 fully saturated rings. The summed E-state index contributed by atoms with van der Waals surface area (Å²) < 4.78 is 10.1. The van der Waals surface area contributed by atoms with Crippen LogP contribution in [0.1, 0.15) is 74.7 Å². The number of ketones is 1. The Morgan fingerprint density at radius 2 is 1.70 bits per heavy atom. The molecule has 6 heteroatoms. The third-order valence-electron chi connectivity index (χ3n) is 5.27. The highest BCUT2D eigenvalue weighted by Crippen LogP contribution is 2.44. The first-order valence-corrected chi connectivity index (χ1v) is 11.5. The standard InChI is InChI=1S/C24H32O5S/c1-4-5-6-7-8-9-14-24(2)21(16-22(26)30-24)29-17-20(25)15-18-10-12-19(13-11-18)23(27)28-3/h10-13,16H,4-9,14-15,17H2,1-3H3. The Morgan fingerprint density at radius 3 is 2.37 bits per heavy atom. The van der Waals surface area contributed by atoms with Crippen LogP contribution in [-0.2, 0) is 25.5 Å². The molecule has 1 aromatic carbocycles. The highest BCUT2D eigenvalue weighted by Gasteiger charge is 2.39. The minimum absolute atomic E-state index is 0.00988. The molecular formula is C24H32O5S. The van der Waals surface area contributed by atoms with E-state index in [0.717, 1.165) is 24.8 Å². The summed E-state index contributed by atoms with van der Waals surface area (Å²) in [6.45, 7) is 4.16. The van der Waals surface area contributed by atoms with E-state index in [0.29, 0.717) is 11.3 Å². The van der Waals surface area contributed by atoms with Crippen molar-refractivity contribution in [3.8, 4) is 0 Å². The molecule has 0 spiro atoms. The Kier molecular flexibility index (Phi) is 9.63. The van der Waals surface area contributed by atoms with E-state index in [1.165, 1.54) is 50.6 Å². The van der Waals surface area contributed by atoms with Gasteiger partial charge in [-0.25, -0.2) is 4.79 Å². The average molecular weight is 433 g/mol. The van der Waals surface area contributed by atoms with E-state index in [2.05, 4.69) is 11.7 Å². The van der Waals surface area contributed by atoms with E-state index in [1.807, 2.05) is 6.92 Å². The van der Waals surface area contributed by atoms with Crippen molar-refractivity contribution in [1.82, 2.24) is 0 Å². The predicted molar refractivity (Wildman–Crippen MR) is 120 cm³/mol. The maximum absolute atomic E-state index is 12.4. The van der Waals surface area contributed by atoms with Crippen molar-refractivity contribution in [2.75, 3.05) is 13.7 Å². The maximum atomic E-state index is 12.4. The molecule has 1 aliphatic rings. The van der Waals surface area contributed by atoms with Crippen LogP contribution in [0.15, 0.2) is 36.1 Å². The molecule has 30 heavy (non-hydrogen) atoms. The van der Waals surface area contributed by atoms with E-state index in [1.54, 1.807) is 24.3 Å². The van der Waals surface area contributed by atoms with Crippen LogP contribution in [-0.4, -0.2) is 35.3 Å². The van der Waals surface area contributed by atoms with Crippen molar-refractivity contribution in [3.63, 3.8) is 0 Å². The summed E-state index contributed by atoms with van der Waals surface area (Å²) in [6, 6.07) is 6.76. The highest BCUT2D eigenvalue weighted by molar-refractivity contribution is 8.15. The van der Waals surface area contributed by atoms with Crippen molar-refractivity contribution >= 4 is 28.6 Å². The fraction of sp³-hybridized carbons (Fsp3) is 0.542. The van der Waals surface area contributed by atoms with E-state index in [9.17, 15) is 14.4 Å². The van der Waals surface area contributed by atoms with Crippen molar-refractivity contribution in [3.05, 3.63) is 47.2 Å². The molecule has 5 nitrogen and oxygen atoms in total. The number of hydrogen-bond donors (Lipinski definition) is 0. The lowest BCUT2D eigenvalue weighted by molar-refractivity contribution is -0.122. The van der Waals surface area contributed by atoms with Crippen LogP contribution >= 0.6 is 11.8 Å². The van der Waals surface area contributed by atoms with Crippen molar-refractivity contribution < 1.29 is 23.9 Å². The van der Waals surface area contributed by atoms with E-state index in [4.69, 9.17) is 4.74 Å². The van der Waals surface area contributed by atoms with Crippen LogP contribution in [0, 0.1) is 0 Å². The van der Waals surface area contributed by atoms with Gasteiger partial charge in [-0.2, -0.15) is 0 Å². The lowest BCUT2D eigenvalue weighted by atomic mass is 9.99. The molecule has 0 amide bonds. The number of carbonyl (C=O) groups excluding carboxylic acids is 3. The summed E-state index contributed by atoms with van der Waals surface area (Å²) in [5, 5.41) is -0.00988. The van der Waals surface area contributed by atoms with Gasteiger partial charge < -0.3 is 9.47 Å². The molecule has 0 saturated carbocycles. The Bertz CT molecular complexity index is 768. The quantitative estimate of drug-likeness (QED) is 0.312. The van der Waals surface area contributed by atoms with Crippen LogP contribution < -0.4 is 0 Å². The van der Waals surface area contributed by atoms with E-state index in [-0.39, 0.29) is 28.7 Å². The summed E-state index contributed by atoms with van der Waals surface area (Å²) in [6.07, 6.45) is 9.77. The zero-order chi connectivity index (χ0) is 22.0. The minimum atomic E-state index is -0.406. The Hall–Kier alpha value is -2.08. The first-order valence-electron chi connectivity index (χ1n) is 10.6. The Morgan fingerprint density at radius 1 is 1.03 bits per heavy atom. The molecule has 0 radical (unpaired) electrons. The second-order valence-electron chi connectivity index (χ2n) is 7.87. The van der Waals surface area contributed by atoms with Crippen LogP contribution in [0.3, 0.4) is 0 Å². The lowest BCUT2D eigenvalue weighted by Crippen LogP contribution is -2.24. The van der Waals surface area contributed by atoms with Gasteiger partial charge >= 0.3 is 5.97 Å². The number of rotatable bonds is 13. The van der Waals surface area contributed by atoms with Crippen molar-refractivity contribution in [1.29, 1.82) is 0 Å². The molecule has 2 rings (SSSR count). The highest BCUT2D eigenvalue weighted by atomic mass is 32.2. The Labute approximate surface area is 183 Å². The third-order valence-corrected chi connectivity index (χ3v) is 6.44. The molecule has 0 bridgehead atoms. The average Bonchev–Trinajstić information content (AvgIpc) is 3.02. The number of benzene rings is 1. The molecule has 1 aliphatic heterocycles. The zero-order valence-electron chi connectivity index (χ0n) is 18.2. The van der Waals surface area contributed by atoms with Crippen molar-refractivity contribution in [2.24, 2.45) is 0 Å². The SMILES string of the molecule is CCCCCCCCC1(C)SC(=O)C=C1OCC(=O)Cc1ccc(C(=O)OC)cc1. The molecule has 0 aromatic heterocycles. The summed E-state index contributed by atoms with van der Waals surface area (Å²) >= 11 is 1.29. The third kappa shape index (κ3) is 7.31. The number of Topliss-reactive ketones (excluding diaryl/α,β-unsaturated/α-hetero) is 1. The van der Waals surface area contributed by atoms with E-state index >= 15 is 0 Å². The first kappa shape index (κ1) is 24.2. The summed E-state index contributed by atoms with van der Waals surface area (Å²) in [4.78, 5) is 35.8. The van der Waals surface area contributed by atoms with Gasteiger partial charge in [0.15, 0.2) is 5.78 Å². The lowest BCUT2D eigenvalue weighted by Gasteiger charge is -2.26. The number of ether oxygens (including phenoxy) is 2. The maximum Gasteiger partial charge on any atom is 0.337 e. The summed E-state index contributed by atoms with van der Waals surface area (Å²) in [5.41, 5.74) is 1.25. The van der Waals surface area contributed by atoms with Gasteiger partial charge in [-0.3, -0.25) is 9.59 Å². The first-order chi connectivity index (χ1) is 14.4. The van der Waals surface area contributed by atoms with E-state index < -0.39 is 5.97 Å². The molecular weight excluding hydrogens is 400 g/mol. The van der Waals surface area contributed by atoms with Gasteiger partial charge in [0, 0.05) is 12.5 Å². The number of esters is 1. The smallest absolute Gasteiger partial charge is 0.337 e. The van der Waals surface area contributed by atoms with Gasteiger partial charge in [0.2, 0.25) is 5.12 Å². The van der Waals surface area contributed by atoms with Gasteiger partial charge in [-0.1, -0.05) is 69.3 Å². The van der Waals surface area contributed by atoms with Gasteiger partial charge in [-0.15, -0.1) is 0 Å². The molecule has 1 atom stereocenters. The van der Waals surface area contributed by atoms with Gasteiger partial charge in [0.25, 0.3) is 0 Å². The molecule has 1 aromatic rings. The number of thioether (sulfide) groups is 1. The Balaban J connectivity index is 1.82. The van der Waals surface area contributed by atoms with Gasteiger partial charge in [0.05, 0.1) is 17.4 Å².